The molecule has 0 aromatic heterocycles. The topological polar surface area (TPSA) is 65.0 Å². The van der Waals surface area contributed by atoms with Crippen LogP contribution < -0.4 is 0 Å². The average molecular weight is 340 g/mol. The van der Waals surface area contributed by atoms with Crippen LogP contribution in [-0.4, -0.2) is 39.4 Å². The van der Waals surface area contributed by atoms with Crippen LogP contribution in [0.2, 0.25) is 18.1 Å². The molecule has 1 heterocycles. The SMILES string of the molecule is COC(=O)C1=COC(O)[C@H]2C(CO[Si](C)(C)C(C)(C)C)=CC[C@H]12. The number of hydrogen-bond donors (Lipinski definition) is 1. The first-order valence-electron chi connectivity index (χ1n) is 8.03. The van der Waals surface area contributed by atoms with Gasteiger partial charge >= 0.3 is 5.97 Å². The summed E-state index contributed by atoms with van der Waals surface area (Å²) in [6.07, 6.45) is 3.16. The summed E-state index contributed by atoms with van der Waals surface area (Å²) in [6.45, 7) is 11.5. The van der Waals surface area contributed by atoms with Gasteiger partial charge in [-0.3, -0.25) is 0 Å². The summed E-state index contributed by atoms with van der Waals surface area (Å²) in [5.74, 6) is -0.727. The molecule has 3 atom stereocenters. The number of rotatable bonds is 4. The van der Waals surface area contributed by atoms with Crippen molar-refractivity contribution in [3.63, 3.8) is 0 Å². The van der Waals surface area contributed by atoms with E-state index in [4.69, 9.17) is 13.9 Å². The maximum atomic E-state index is 11.9. The first-order valence-corrected chi connectivity index (χ1v) is 10.9. The van der Waals surface area contributed by atoms with Gasteiger partial charge in [-0.15, -0.1) is 0 Å². The lowest BCUT2D eigenvalue weighted by Crippen LogP contribution is -2.42. The molecule has 0 fully saturated rings. The number of methoxy groups -OCH3 is 1. The fourth-order valence-corrected chi connectivity index (χ4v) is 3.75. The highest BCUT2D eigenvalue weighted by Gasteiger charge is 2.45. The summed E-state index contributed by atoms with van der Waals surface area (Å²) in [7, 11) is -0.512. The minimum Gasteiger partial charge on any atom is -0.472 e. The molecule has 1 aliphatic heterocycles. The second-order valence-electron chi connectivity index (χ2n) is 7.79. The predicted octanol–water partition coefficient (Wildman–Crippen LogP) is 2.98. The summed E-state index contributed by atoms with van der Waals surface area (Å²) in [6, 6.07) is 0. The van der Waals surface area contributed by atoms with Crippen molar-refractivity contribution < 1.29 is 23.8 Å². The quantitative estimate of drug-likeness (QED) is 0.484. The Morgan fingerprint density at radius 2 is 2.09 bits per heavy atom. The molecule has 6 heteroatoms. The molecule has 0 aromatic rings. The van der Waals surface area contributed by atoms with Gasteiger partial charge in [0, 0.05) is 5.92 Å². The molecule has 1 unspecified atom stereocenters. The number of ether oxygens (including phenoxy) is 2. The Morgan fingerprint density at radius 3 is 2.65 bits per heavy atom. The van der Waals surface area contributed by atoms with E-state index < -0.39 is 20.6 Å². The zero-order chi connectivity index (χ0) is 17.4. The van der Waals surface area contributed by atoms with E-state index in [0.29, 0.717) is 18.6 Å². The molecule has 130 valence electrons. The first kappa shape index (κ1) is 18.2. The molecular weight excluding hydrogens is 312 g/mol. The smallest absolute Gasteiger partial charge is 0.337 e. The molecule has 1 N–H and O–H groups in total. The molecule has 2 rings (SSSR count). The third-order valence-electron chi connectivity index (χ3n) is 5.36. The first-order chi connectivity index (χ1) is 10.6. The van der Waals surface area contributed by atoms with Gasteiger partial charge in [0.1, 0.15) is 0 Å². The third kappa shape index (κ3) is 3.54. The monoisotopic (exact) mass is 340 g/mol. The highest BCUT2D eigenvalue weighted by Crippen LogP contribution is 2.44. The fourth-order valence-electron chi connectivity index (χ4n) is 2.79. The van der Waals surface area contributed by atoms with Gasteiger partial charge in [0.15, 0.2) is 8.32 Å². The lowest BCUT2D eigenvalue weighted by molar-refractivity contribution is -0.141. The Hall–Kier alpha value is -1.11. The maximum absolute atomic E-state index is 11.9. The number of aliphatic hydroxyl groups excluding tert-OH is 1. The van der Waals surface area contributed by atoms with E-state index >= 15 is 0 Å². The Labute approximate surface area is 139 Å². The van der Waals surface area contributed by atoms with Gasteiger partial charge in [0.2, 0.25) is 6.29 Å². The molecule has 1 aliphatic carbocycles. The fraction of sp³-hybridized carbons (Fsp3) is 0.706. The summed E-state index contributed by atoms with van der Waals surface area (Å²) in [5.41, 5.74) is 1.50. The van der Waals surface area contributed by atoms with Gasteiger partial charge in [-0.05, 0) is 30.1 Å². The predicted molar refractivity (Wildman–Crippen MR) is 90.0 cm³/mol. The van der Waals surface area contributed by atoms with Crippen molar-refractivity contribution in [1.82, 2.24) is 0 Å². The van der Waals surface area contributed by atoms with Crippen molar-refractivity contribution in [2.45, 2.75) is 51.6 Å². The van der Waals surface area contributed by atoms with E-state index in [1.165, 1.54) is 13.4 Å². The van der Waals surface area contributed by atoms with Crippen LogP contribution in [0.1, 0.15) is 27.2 Å². The number of esters is 1. The molecule has 0 spiro atoms. The van der Waals surface area contributed by atoms with Crippen molar-refractivity contribution in [3.05, 3.63) is 23.5 Å². The minimum absolute atomic E-state index is 0.0933. The molecule has 0 amide bonds. The molecule has 5 nitrogen and oxygen atoms in total. The number of allylic oxidation sites excluding steroid dienone is 1. The van der Waals surface area contributed by atoms with Crippen LogP contribution in [0, 0.1) is 11.8 Å². The van der Waals surface area contributed by atoms with Crippen molar-refractivity contribution in [1.29, 1.82) is 0 Å². The van der Waals surface area contributed by atoms with E-state index in [0.717, 1.165) is 5.57 Å². The normalized spacial score (nSPS) is 27.7. The highest BCUT2D eigenvalue weighted by molar-refractivity contribution is 6.74. The number of fused-ring (bicyclic) bond motifs is 1. The van der Waals surface area contributed by atoms with Crippen molar-refractivity contribution in [2.75, 3.05) is 13.7 Å². The Morgan fingerprint density at radius 1 is 1.43 bits per heavy atom. The molecule has 0 aromatic carbocycles. The van der Waals surface area contributed by atoms with Gasteiger partial charge < -0.3 is 19.0 Å². The Balaban J connectivity index is 2.10. The lowest BCUT2D eigenvalue weighted by Gasteiger charge is -2.37. The van der Waals surface area contributed by atoms with Crippen LogP contribution in [0.3, 0.4) is 0 Å². The number of aliphatic hydroxyl groups is 1. The molecular formula is C17H28O5Si. The van der Waals surface area contributed by atoms with Crippen molar-refractivity contribution in [3.8, 4) is 0 Å². The Bertz CT molecular complexity index is 530. The van der Waals surface area contributed by atoms with E-state index in [1.54, 1.807) is 0 Å². The van der Waals surface area contributed by atoms with Gasteiger partial charge in [0.25, 0.3) is 0 Å². The van der Waals surface area contributed by atoms with E-state index in [9.17, 15) is 9.90 Å². The molecule has 23 heavy (non-hydrogen) atoms. The van der Waals surface area contributed by atoms with Crippen LogP contribution in [0.15, 0.2) is 23.5 Å². The summed E-state index contributed by atoms with van der Waals surface area (Å²) in [5, 5.41) is 10.3. The summed E-state index contributed by atoms with van der Waals surface area (Å²) in [4.78, 5) is 11.9. The van der Waals surface area contributed by atoms with Gasteiger partial charge in [0.05, 0.1) is 31.5 Å². The zero-order valence-electron chi connectivity index (χ0n) is 14.9. The molecule has 0 bridgehead atoms. The number of carbonyl (C=O) groups excluding carboxylic acids is 1. The van der Waals surface area contributed by atoms with E-state index in [-0.39, 0.29) is 16.9 Å². The highest BCUT2D eigenvalue weighted by atomic mass is 28.4. The molecule has 0 saturated carbocycles. The van der Waals surface area contributed by atoms with Crippen molar-refractivity contribution in [2.24, 2.45) is 11.8 Å². The van der Waals surface area contributed by atoms with E-state index in [2.05, 4.69) is 39.9 Å². The van der Waals surface area contributed by atoms with Gasteiger partial charge in [-0.25, -0.2) is 4.79 Å². The minimum atomic E-state index is -1.87. The second-order valence-corrected chi connectivity index (χ2v) is 12.6. The molecule has 0 radical (unpaired) electrons. The van der Waals surface area contributed by atoms with Crippen LogP contribution in [-0.2, 0) is 18.7 Å². The largest absolute Gasteiger partial charge is 0.472 e. The standard InChI is InChI=1S/C17H28O5Si/c1-17(2,3)23(5,6)22-9-11-7-8-12-13(15(18)20-4)10-21-16(19)14(11)12/h7,10,12,14,16,19H,8-9H2,1-6H3/t12-,14+,16?/m1/s1. The maximum Gasteiger partial charge on any atom is 0.337 e. The number of hydrogen-bond acceptors (Lipinski definition) is 5. The Kier molecular flexibility index (Phi) is 5.08. The van der Waals surface area contributed by atoms with Crippen LogP contribution in [0.25, 0.3) is 0 Å². The zero-order valence-corrected chi connectivity index (χ0v) is 15.9. The second kappa shape index (κ2) is 6.41. The van der Waals surface area contributed by atoms with Gasteiger partial charge in [-0.1, -0.05) is 26.8 Å². The third-order valence-corrected chi connectivity index (χ3v) is 9.84. The van der Waals surface area contributed by atoms with Crippen LogP contribution >= 0.6 is 0 Å². The molecule has 2 aliphatic rings. The van der Waals surface area contributed by atoms with Crippen molar-refractivity contribution >= 4 is 14.3 Å². The van der Waals surface area contributed by atoms with E-state index in [1.807, 2.05) is 0 Å². The number of carbonyl (C=O) groups is 1. The summed E-state index contributed by atoms with van der Waals surface area (Å²) < 4.78 is 16.3. The van der Waals surface area contributed by atoms with Gasteiger partial charge in [-0.2, -0.15) is 0 Å². The average Bonchev–Trinajstić information content (AvgIpc) is 2.88. The van der Waals surface area contributed by atoms with Crippen LogP contribution in [0.5, 0.6) is 0 Å². The lowest BCUT2D eigenvalue weighted by atomic mass is 9.83. The summed E-state index contributed by atoms with van der Waals surface area (Å²) >= 11 is 0. The molecule has 0 saturated heterocycles. The van der Waals surface area contributed by atoms with Crippen LogP contribution in [0.4, 0.5) is 0 Å².